The molecule has 29 heavy (non-hydrogen) atoms. The molecule has 0 aliphatic heterocycles. The first-order valence-corrected chi connectivity index (χ1v) is 9.71. The molecule has 0 bridgehead atoms. The lowest BCUT2D eigenvalue weighted by Gasteiger charge is -2.09. The van der Waals surface area contributed by atoms with Crippen LogP contribution in [0.15, 0.2) is 77.3 Å². The second-order valence-corrected chi connectivity index (χ2v) is 7.14. The quantitative estimate of drug-likeness (QED) is 0.367. The van der Waals surface area contributed by atoms with Crippen molar-refractivity contribution < 1.29 is 23.8 Å². The van der Waals surface area contributed by atoms with Gasteiger partial charge in [0.2, 0.25) is 0 Å². The lowest BCUT2D eigenvalue weighted by molar-refractivity contribution is -0.136. The van der Waals surface area contributed by atoms with Gasteiger partial charge in [-0.25, -0.2) is 9.59 Å². The first kappa shape index (κ1) is 20.6. The molecular weight excluding hydrogens is 436 g/mol. The van der Waals surface area contributed by atoms with Crippen LogP contribution in [0.1, 0.15) is 21.5 Å². The van der Waals surface area contributed by atoms with Crippen LogP contribution in [0.25, 0.3) is 0 Å². The monoisotopic (exact) mass is 454 g/mol. The fourth-order valence-electron chi connectivity index (χ4n) is 2.49. The van der Waals surface area contributed by atoms with Gasteiger partial charge < -0.3 is 14.2 Å². The van der Waals surface area contributed by atoms with Crippen LogP contribution >= 0.6 is 15.9 Å². The third-order valence-corrected chi connectivity index (χ3v) is 4.59. The van der Waals surface area contributed by atoms with E-state index in [2.05, 4.69) is 15.9 Å². The number of aryl methyl sites for hydroxylation is 1. The van der Waals surface area contributed by atoms with E-state index in [1.165, 1.54) is 0 Å². The first-order chi connectivity index (χ1) is 14.0. The van der Waals surface area contributed by atoms with Crippen LogP contribution in [-0.4, -0.2) is 18.5 Å². The van der Waals surface area contributed by atoms with E-state index in [0.717, 1.165) is 15.6 Å². The van der Waals surface area contributed by atoms with E-state index in [9.17, 15) is 9.59 Å². The fraction of sp³-hybridized carbons (Fsp3) is 0.130. The molecule has 0 N–H and O–H groups in total. The lowest BCUT2D eigenvalue weighted by atomic mass is 10.2. The zero-order valence-corrected chi connectivity index (χ0v) is 17.3. The highest BCUT2D eigenvalue weighted by molar-refractivity contribution is 9.10. The van der Waals surface area contributed by atoms with Crippen molar-refractivity contribution in [2.24, 2.45) is 0 Å². The average Bonchev–Trinajstić information content (AvgIpc) is 2.72. The fourth-order valence-corrected chi connectivity index (χ4v) is 3.09. The van der Waals surface area contributed by atoms with Crippen LogP contribution in [0.5, 0.6) is 11.5 Å². The second kappa shape index (κ2) is 9.89. The van der Waals surface area contributed by atoms with Crippen molar-refractivity contribution >= 4 is 27.9 Å². The molecule has 0 fully saturated rings. The number of hydrogen-bond acceptors (Lipinski definition) is 5. The number of rotatable bonds is 7. The summed E-state index contributed by atoms with van der Waals surface area (Å²) in [6, 6.07) is 21.2. The molecule has 0 aliphatic rings. The molecule has 0 aliphatic carbocycles. The van der Waals surface area contributed by atoms with Gasteiger partial charge in [0.1, 0.15) is 18.1 Å². The predicted molar refractivity (Wildman–Crippen MR) is 112 cm³/mol. The third-order valence-electron chi connectivity index (χ3n) is 3.97. The Balaban J connectivity index is 1.49. The van der Waals surface area contributed by atoms with Crippen molar-refractivity contribution in [3.05, 3.63) is 94.0 Å². The highest BCUT2D eigenvalue weighted by Crippen LogP contribution is 2.25. The normalized spacial score (nSPS) is 10.3. The van der Waals surface area contributed by atoms with Crippen LogP contribution in [0.3, 0.4) is 0 Å². The molecule has 0 saturated carbocycles. The zero-order valence-electron chi connectivity index (χ0n) is 15.8. The highest BCUT2D eigenvalue weighted by atomic mass is 79.9. The van der Waals surface area contributed by atoms with E-state index in [-0.39, 0.29) is 13.2 Å². The molecule has 3 aromatic carbocycles. The highest BCUT2D eigenvalue weighted by Gasteiger charge is 2.11. The summed E-state index contributed by atoms with van der Waals surface area (Å²) in [6.45, 7) is 1.93. The molecule has 0 radical (unpaired) electrons. The predicted octanol–water partition coefficient (Wildman–Crippen LogP) is 5.10. The molecule has 0 aromatic heterocycles. The Kier molecular flexibility index (Phi) is 7.03. The Morgan fingerprint density at radius 1 is 0.931 bits per heavy atom. The molecule has 148 valence electrons. The van der Waals surface area contributed by atoms with Crippen molar-refractivity contribution in [3.63, 3.8) is 0 Å². The smallest absolute Gasteiger partial charge is 0.349 e. The van der Waals surface area contributed by atoms with Crippen LogP contribution < -0.4 is 9.47 Å². The van der Waals surface area contributed by atoms with Gasteiger partial charge >= 0.3 is 11.9 Å². The molecule has 0 atom stereocenters. The van der Waals surface area contributed by atoms with Gasteiger partial charge in [-0.05, 0) is 70.4 Å². The number of carbonyl (C=O) groups is 2. The Morgan fingerprint density at radius 3 is 2.34 bits per heavy atom. The van der Waals surface area contributed by atoms with Crippen molar-refractivity contribution in [1.29, 1.82) is 0 Å². The zero-order chi connectivity index (χ0) is 20.6. The Bertz CT molecular complexity index is 984. The molecule has 5 nitrogen and oxygen atoms in total. The number of carbonyl (C=O) groups excluding carboxylic acids is 2. The minimum Gasteiger partial charge on any atom is -0.481 e. The maximum atomic E-state index is 12.1. The van der Waals surface area contributed by atoms with Gasteiger partial charge in [-0.15, -0.1) is 0 Å². The molecule has 0 unspecified atom stereocenters. The number of halogens is 1. The van der Waals surface area contributed by atoms with Gasteiger partial charge in [0, 0.05) is 0 Å². The van der Waals surface area contributed by atoms with Gasteiger partial charge in [0.15, 0.2) is 6.61 Å². The summed E-state index contributed by atoms with van der Waals surface area (Å²) in [5, 5.41) is 0. The molecule has 0 amide bonds. The van der Waals surface area contributed by atoms with Crippen molar-refractivity contribution in [2.75, 3.05) is 6.61 Å². The van der Waals surface area contributed by atoms with E-state index < -0.39 is 11.9 Å². The third kappa shape index (κ3) is 6.19. The summed E-state index contributed by atoms with van der Waals surface area (Å²) < 4.78 is 16.7. The SMILES string of the molecule is Cc1ccc(OCC(=O)Oc2ccc(C(=O)OCc3ccccc3)cc2)c(Br)c1. The molecule has 0 spiro atoms. The van der Waals surface area contributed by atoms with Crippen LogP contribution in [-0.2, 0) is 16.1 Å². The van der Waals surface area contributed by atoms with Crippen LogP contribution in [0, 0.1) is 6.92 Å². The summed E-state index contributed by atoms with van der Waals surface area (Å²) in [6.07, 6.45) is 0. The maximum Gasteiger partial charge on any atom is 0.349 e. The van der Waals surface area contributed by atoms with Gasteiger partial charge in [-0.2, -0.15) is 0 Å². The van der Waals surface area contributed by atoms with Crippen molar-refractivity contribution in [2.45, 2.75) is 13.5 Å². The van der Waals surface area contributed by atoms with Crippen LogP contribution in [0.4, 0.5) is 0 Å². The molecule has 3 aromatic rings. The topological polar surface area (TPSA) is 61.8 Å². The second-order valence-electron chi connectivity index (χ2n) is 6.28. The minimum absolute atomic E-state index is 0.197. The summed E-state index contributed by atoms with van der Waals surface area (Å²) in [5.74, 6) is -0.110. The Hall–Kier alpha value is -3.12. The van der Waals surface area contributed by atoms with E-state index in [4.69, 9.17) is 14.2 Å². The van der Waals surface area contributed by atoms with E-state index in [1.54, 1.807) is 30.3 Å². The van der Waals surface area contributed by atoms with E-state index in [0.29, 0.717) is 17.1 Å². The first-order valence-electron chi connectivity index (χ1n) is 8.92. The van der Waals surface area contributed by atoms with Crippen LogP contribution in [0.2, 0.25) is 0 Å². The number of hydrogen-bond donors (Lipinski definition) is 0. The minimum atomic E-state index is -0.545. The summed E-state index contributed by atoms with van der Waals surface area (Å²) >= 11 is 3.39. The summed E-state index contributed by atoms with van der Waals surface area (Å²) in [4.78, 5) is 24.1. The van der Waals surface area contributed by atoms with Crippen molar-refractivity contribution in [1.82, 2.24) is 0 Å². The largest absolute Gasteiger partial charge is 0.481 e. The lowest BCUT2D eigenvalue weighted by Crippen LogP contribution is -2.18. The number of benzene rings is 3. The summed E-state index contributed by atoms with van der Waals surface area (Å²) in [7, 11) is 0. The van der Waals surface area contributed by atoms with Crippen molar-refractivity contribution in [3.8, 4) is 11.5 Å². The maximum absolute atomic E-state index is 12.1. The van der Waals surface area contributed by atoms with Gasteiger partial charge in [-0.1, -0.05) is 36.4 Å². The van der Waals surface area contributed by atoms with E-state index in [1.807, 2.05) is 49.4 Å². The summed E-state index contributed by atoms with van der Waals surface area (Å²) in [5.41, 5.74) is 2.36. The van der Waals surface area contributed by atoms with Gasteiger partial charge in [0.05, 0.1) is 10.0 Å². The molecule has 0 heterocycles. The van der Waals surface area contributed by atoms with E-state index >= 15 is 0 Å². The Morgan fingerprint density at radius 2 is 1.66 bits per heavy atom. The van der Waals surface area contributed by atoms with Gasteiger partial charge in [-0.3, -0.25) is 0 Å². The average molecular weight is 455 g/mol. The van der Waals surface area contributed by atoms with Gasteiger partial charge in [0.25, 0.3) is 0 Å². The molecule has 0 saturated heterocycles. The standard InChI is InChI=1S/C23H19BrO5/c1-16-7-12-21(20(24)13-16)27-15-22(25)29-19-10-8-18(9-11-19)23(26)28-14-17-5-3-2-4-6-17/h2-13H,14-15H2,1H3. The number of ether oxygens (including phenoxy) is 3. The molecular formula is C23H19BrO5. The molecule has 6 heteroatoms. The Labute approximate surface area is 177 Å². The number of esters is 2. The molecule has 3 rings (SSSR count).